The molecule has 1 aliphatic heterocycles. The first-order chi connectivity index (χ1) is 11.2. The molecular formula is C16H24ClFN2O4S. The summed E-state index contributed by atoms with van der Waals surface area (Å²) in [5, 5.41) is 2.85. The smallest absolute Gasteiger partial charge is 0.228 e. The summed E-state index contributed by atoms with van der Waals surface area (Å²) in [6, 6.07) is 3.40. The highest BCUT2D eigenvalue weighted by molar-refractivity contribution is 7.90. The number of nitrogens with one attached hydrogen (secondary N) is 1. The molecule has 1 atom stereocenters. The minimum atomic E-state index is -3.62. The van der Waals surface area contributed by atoms with Crippen molar-refractivity contribution < 1.29 is 22.3 Å². The van der Waals surface area contributed by atoms with E-state index < -0.39 is 27.1 Å². The highest BCUT2D eigenvalue weighted by Crippen LogP contribution is 2.30. The number of halogens is 2. The Kier molecular flexibility index (Phi) is 7.37. The highest BCUT2D eigenvalue weighted by Gasteiger charge is 2.39. The second kappa shape index (κ2) is 8.44. The lowest BCUT2D eigenvalue weighted by Crippen LogP contribution is -2.49. The largest absolute Gasteiger partial charge is 0.381 e. The van der Waals surface area contributed by atoms with Gasteiger partial charge in [-0.2, -0.15) is 0 Å². The maximum absolute atomic E-state index is 14.0. The molecule has 0 spiro atoms. The molecule has 1 aliphatic rings. The number of carbonyl (C=O) groups is 1. The molecule has 6 nitrogen and oxygen atoms in total. The lowest BCUT2D eigenvalue weighted by Gasteiger charge is -2.35. The molecule has 1 heterocycles. The molecule has 3 N–H and O–H groups in total. The summed E-state index contributed by atoms with van der Waals surface area (Å²) in [7, 11) is -3.62. The fourth-order valence-electron chi connectivity index (χ4n) is 2.81. The van der Waals surface area contributed by atoms with Gasteiger partial charge in [0.1, 0.15) is 10.7 Å². The number of amides is 1. The zero-order valence-electron chi connectivity index (χ0n) is 14.2. The van der Waals surface area contributed by atoms with Crippen molar-refractivity contribution in [2.75, 3.05) is 26.0 Å². The van der Waals surface area contributed by atoms with E-state index in [1.165, 1.54) is 12.1 Å². The highest BCUT2D eigenvalue weighted by atomic mass is 35.5. The summed E-state index contributed by atoms with van der Waals surface area (Å²) in [6.07, 6.45) is 2.04. The van der Waals surface area contributed by atoms with Gasteiger partial charge in [-0.25, -0.2) is 12.8 Å². The summed E-state index contributed by atoms with van der Waals surface area (Å²) in [4.78, 5) is 12.3. The van der Waals surface area contributed by atoms with E-state index in [9.17, 15) is 17.6 Å². The third kappa shape index (κ3) is 4.91. The molecule has 25 heavy (non-hydrogen) atoms. The van der Waals surface area contributed by atoms with Crippen LogP contribution in [0.25, 0.3) is 0 Å². The minimum absolute atomic E-state index is 0. The summed E-state index contributed by atoms with van der Waals surface area (Å²) < 4.78 is 42.2. The van der Waals surface area contributed by atoms with Gasteiger partial charge in [0, 0.05) is 26.0 Å². The van der Waals surface area contributed by atoms with Gasteiger partial charge < -0.3 is 15.8 Å². The molecule has 0 bridgehead atoms. The quantitative estimate of drug-likeness (QED) is 0.790. The third-order valence-electron chi connectivity index (χ3n) is 4.53. The number of hydrogen-bond donors (Lipinski definition) is 2. The van der Waals surface area contributed by atoms with Crippen LogP contribution in [0.15, 0.2) is 23.1 Å². The maximum Gasteiger partial charge on any atom is 0.228 e. The SMILES string of the molecule is CC(NC(=O)C1(CN)CCOCC1)c1ccc(S(C)(=O)=O)c(F)c1.Cl. The fourth-order valence-corrected chi connectivity index (χ4v) is 3.53. The zero-order chi connectivity index (χ0) is 18.0. The van der Waals surface area contributed by atoms with E-state index in [-0.39, 0.29) is 29.8 Å². The van der Waals surface area contributed by atoms with Crippen molar-refractivity contribution in [3.8, 4) is 0 Å². The van der Waals surface area contributed by atoms with Gasteiger partial charge in [-0.1, -0.05) is 6.07 Å². The molecule has 2 rings (SSSR count). The molecule has 142 valence electrons. The van der Waals surface area contributed by atoms with Crippen molar-refractivity contribution in [2.24, 2.45) is 11.1 Å². The molecule has 0 radical (unpaired) electrons. The Bertz CT molecular complexity index is 721. The molecular weight excluding hydrogens is 371 g/mol. The van der Waals surface area contributed by atoms with Gasteiger partial charge >= 0.3 is 0 Å². The van der Waals surface area contributed by atoms with E-state index in [0.717, 1.165) is 12.3 Å². The normalized spacial score (nSPS) is 18.1. The van der Waals surface area contributed by atoms with Crippen LogP contribution in [-0.4, -0.2) is 40.3 Å². The van der Waals surface area contributed by atoms with Gasteiger partial charge in [-0.3, -0.25) is 4.79 Å². The van der Waals surface area contributed by atoms with Gasteiger partial charge in [-0.15, -0.1) is 12.4 Å². The van der Waals surface area contributed by atoms with Crippen LogP contribution < -0.4 is 11.1 Å². The number of ether oxygens (including phenoxy) is 1. The number of benzene rings is 1. The maximum atomic E-state index is 14.0. The predicted molar refractivity (Wildman–Crippen MR) is 94.9 cm³/mol. The van der Waals surface area contributed by atoms with Gasteiger partial charge in [0.25, 0.3) is 0 Å². The minimum Gasteiger partial charge on any atom is -0.381 e. The first-order valence-electron chi connectivity index (χ1n) is 7.78. The van der Waals surface area contributed by atoms with Crippen LogP contribution in [0.1, 0.15) is 31.4 Å². The average molecular weight is 395 g/mol. The lowest BCUT2D eigenvalue weighted by molar-refractivity contribution is -0.136. The van der Waals surface area contributed by atoms with Gasteiger partial charge in [0.05, 0.1) is 11.5 Å². The predicted octanol–water partition coefficient (Wildman–Crippen LogP) is 1.58. The molecule has 1 aromatic carbocycles. The number of rotatable bonds is 5. The number of nitrogens with two attached hydrogens (primary N) is 1. The van der Waals surface area contributed by atoms with E-state index in [1.54, 1.807) is 6.92 Å². The van der Waals surface area contributed by atoms with Crippen LogP contribution in [0.3, 0.4) is 0 Å². The topological polar surface area (TPSA) is 98.5 Å². The van der Waals surface area contributed by atoms with E-state index in [4.69, 9.17) is 10.5 Å². The first kappa shape index (κ1) is 21.8. The summed E-state index contributed by atoms with van der Waals surface area (Å²) in [5.41, 5.74) is 5.63. The molecule has 1 amide bonds. The Morgan fingerprint density at radius 2 is 2.00 bits per heavy atom. The van der Waals surface area contributed by atoms with Crippen LogP contribution in [0.2, 0.25) is 0 Å². The standard InChI is InChI=1S/C16H23FN2O4S.ClH/c1-11(12-3-4-14(13(17)9-12)24(2,21)22)19-15(20)16(10-18)5-7-23-8-6-16;/h3-4,9,11H,5-8,10,18H2,1-2H3,(H,19,20);1H. The number of carbonyl (C=O) groups excluding carboxylic acids is 1. The second-order valence-electron chi connectivity index (χ2n) is 6.25. The molecule has 0 saturated carbocycles. The lowest BCUT2D eigenvalue weighted by atomic mass is 9.79. The fraction of sp³-hybridized carbons (Fsp3) is 0.562. The molecule has 1 fully saturated rings. The Morgan fingerprint density at radius 3 is 2.48 bits per heavy atom. The van der Waals surface area contributed by atoms with E-state index >= 15 is 0 Å². The van der Waals surface area contributed by atoms with Crippen molar-refractivity contribution in [1.29, 1.82) is 0 Å². The molecule has 1 aromatic rings. The van der Waals surface area contributed by atoms with Gasteiger partial charge in [-0.05, 0) is 37.5 Å². The second-order valence-corrected chi connectivity index (χ2v) is 8.24. The van der Waals surface area contributed by atoms with Crippen molar-refractivity contribution in [3.05, 3.63) is 29.6 Å². The Hall–Kier alpha value is -1.22. The molecule has 9 heteroatoms. The van der Waals surface area contributed by atoms with Crippen LogP contribution in [0, 0.1) is 11.2 Å². The van der Waals surface area contributed by atoms with Gasteiger partial charge in [0.2, 0.25) is 5.91 Å². The third-order valence-corrected chi connectivity index (χ3v) is 5.66. The summed E-state index contributed by atoms with van der Waals surface area (Å²) >= 11 is 0. The van der Waals surface area contributed by atoms with Crippen LogP contribution in [-0.2, 0) is 19.4 Å². The Morgan fingerprint density at radius 1 is 1.40 bits per heavy atom. The first-order valence-corrected chi connectivity index (χ1v) is 9.67. The molecule has 0 aliphatic carbocycles. The molecule has 1 saturated heterocycles. The molecule has 0 aromatic heterocycles. The monoisotopic (exact) mass is 394 g/mol. The van der Waals surface area contributed by atoms with Crippen molar-refractivity contribution in [1.82, 2.24) is 5.32 Å². The summed E-state index contributed by atoms with van der Waals surface area (Å²) in [6.45, 7) is 2.90. The van der Waals surface area contributed by atoms with Crippen molar-refractivity contribution in [3.63, 3.8) is 0 Å². The van der Waals surface area contributed by atoms with E-state index in [0.29, 0.717) is 31.6 Å². The molecule has 1 unspecified atom stereocenters. The zero-order valence-corrected chi connectivity index (χ0v) is 15.9. The van der Waals surface area contributed by atoms with Crippen LogP contribution >= 0.6 is 12.4 Å². The summed E-state index contributed by atoms with van der Waals surface area (Å²) in [5.74, 6) is -1.01. The Labute approximate surface area is 153 Å². The van der Waals surface area contributed by atoms with E-state index in [1.807, 2.05) is 0 Å². The van der Waals surface area contributed by atoms with Gasteiger partial charge in [0.15, 0.2) is 9.84 Å². The number of hydrogen-bond acceptors (Lipinski definition) is 5. The van der Waals surface area contributed by atoms with Crippen LogP contribution in [0.5, 0.6) is 0 Å². The average Bonchev–Trinajstić information content (AvgIpc) is 2.54. The number of sulfone groups is 1. The van der Waals surface area contributed by atoms with E-state index in [2.05, 4.69) is 5.32 Å². The van der Waals surface area contributed by atoms with Crippen LogP contribution in [0.4, 0.5) is 4.39 Å². The van der Waals surface area contributed by atoms with Crippen molar-refractivity contribution in [2.45, 2.75) is 30.7 Å². The van der Waals surface area contributed by atoms with Crippen molar-refractivity contribution >= 4 is 28.2 Å². The Balaban J connectivity index is 0.00000312.